The van der Waals surface area contributed by atoms with Crippen LogP contribution in [0.5, 0.6) is 0 Å². The van der Waals surface area contributed by atoms with Crippen molar-refractivity contribution >= 4 is 62.8 Å². The van der Waals surface area contributed by atoms with Gasteiger partial charge in [-0.3, -0.25) is 4.57 Å². The average Bonchev–Trinajstić information content (AvgIpc) is 3.16. The van der Waals surface area contributed by atoms with E-state index in [1.807, 2.05) is 0 Å². The van der Waals surface area contributed by atoms with Gasteiger partial charge in [-0.25, -0.2) is 14.4 Å². The number of hydrogen-bond donors (Lipinski definition) is 2. The van der Waals surface area contributed by atoms with E-state index in [2.05, 4.69) is 30.2 Å². The number of aromatic nitrogens is 6. The Balaban J connectivity index is 1.65. The van der Waals surface area contributed by atoms with E-state index in [1.165, 1.54) is 10.9 Å². The quantitative estimate of drug-likeness (QED) is 0.502. The monoisotopic (exact) mass is 399 g/mol. The highest BCUT2D eigenvalue weighted by molar-refractivity contribution is 6.42. The molecule has 0 radical (unpaired) electrons. The molecule has 128 valence electrons. The first-order chi connectivity index (χ1) is 12.0. The number of aromatic amines is 1. The Morgan fingerprint density at radius 1 is 1.12 bits per heavy atom. The number of halogens is 4. The summed E-state index contributed by atoms with van der Waals surface area (Å²) in [5, 5.41) is 3.95. The van der Waals surface area contributed by atoms with Crippen LogP contribution in [0.2, 0.25) is 15.3 Å². The van der Waals surface area contributed by atoms with Crippen LogP contribution < -0.4 is 5.32 Å². The van der Waals surface area contributed by atoms with Crippen molar-refractivity contribution in [1.29, 1.82) is 0 Å². The molecule has 0 spiro atoms. The highest BCUT2D eigenvalue weighted by atomic mass is 35.5. The van der Waals surface area contributed by atoms with Crippen molar-refractivity contribution in [1.82, 2.24) is 29.5 Å². The van der Waals surface area contributed by atoms with Gasteiger partial charge in [0.2, 0.25) is 5.28 Å². The number of rotatable bonds is 4. The van der Waals surface area contributed by atoms with Crippen LogP contribution in [-0.4, -0.2) is 29.5 Å². The SMILES string of the molecule is FCn1cnc2c(NCc3nc4cc(Cl)c(Cl)cc4[nH]3)nc(Cl)nc21. The van der Waals surface area contributed by atoms with E-state index >= 15 is 0 Å². The zero-order valence-electron chi connectivity index (χ0n) is 12.4. The first-order valence-corrected chi connectivity index (χ1v) is 8.20. The van der Waals surface area contributed by atoms with Crippen molar-refractivity contribution in [3.8, 4) is 0 Å². The van der Waals surface area contributed by atoms with Gasteiger partial charge in [-0.2, -0.15) is 9.97 Å². The van der Waals surface area contributed by atoms with Crippen LogP contribution in [0.25, 0.3) is 22.2 Å². The summed E-state index contributed by atoms with van der Waals surface area (Å²) in [4.78, 5) is 19.8. The number of fused-ring (bicyclic) bond motifs is 2. The summed E-state index contributed by atoms with van der Waals surface area (Å²) in [5.41, 5.74) is 2.19. The Bertz CT molecular complexity index is 1050. The standard InChI is InChI=1S/C14H9Cl3FN7/c15-6-1-8-9(2-7(6)16)22-10(21-8)3-19-12-11-13(24-14(17)23-12)25(4-18)5-20-11/h1-2,5H,3-4H2,(H,21,22)(H,19,23,24). The van der Waals surface area contributed by atoms with Gasteiger partial charge < -0.3 is 10.3 Å². The molecule has 0 atom stereocenters. The molecule has 2 N–H and O–H groups in total. The molecular formula is C14H9Cl3FN7. The van der Waals surface area contributed by atoms with E-state index in [9.17, 15) is 4.39 Å². The van der Waals surface area contributed by atoms with Crippen molar-refractivity contribution in [3.05, 3.63) is 39.6 Å². The van der Waals surface area contributed by atoms with Crippen LogP contribution in [0, 0.1) is 0 Å². The molecule has 0 saturated heterocycles. The Labute approximate surface area is 155 Å². The van der Waals surface area contributed by atoms with Gasteiger partial charge in [0, 0.05) is 0 Å². The summed E-state index contributed by atoms with van der Waals surface area (Å²) in [7, 11) is 0. The molecule has 0 fully saturated rings. The van der Waals surface area contributed by atoms with Crippen molar-refractivity contribution in [3.63, 3.8) is 0 Å². The molecular weight excluding hydrogens is 392 g/mol. The van der Waals surface area contributed by atoms with Crippen molar-refractivity contribution in [2.75, 3.05) is 5.32 Å². The second kappa shape index (κ2) is 6.29. The van der Waals surface area contributed by atoms with Gasteiger partial charge in [0.15, 0.2) is 23.8 Å². The largest absolute Gasteiger partial charge is 0.361 e. The van der Waals surface area contributed by atoms with E-state index in [0.717, 1.165) is 5.52 Å². The Hall–Kier alpha value is -2.16. The molecule has 3 aromatic heterocycles. The molecule has 3 heterocycles. The van der Waals surface area contributed by atoms with Crippen molar-refractivity contribution in [2.45, 2.75) is 13.3 Å². The van der Waals surface area contributed by atoms with Crippen LogP contribution in [0.3, 0.4) is 0 Å². The number of hydrogen-bond acceptors (Lipinski definition) is 5. The predicted molar refractivity (Wildman–Crippen MR) is 94.9 cm³/mol. The third kappa shape index (κ3) is 2.97. The Morgan fingerprint density at radius 2 is 1.92 bits per heavy atom. The molecule has 1 aromatic carbocycles. The number of alkyl halides is 1. The molecule has 0 aliphatic rings. The maximum absolute atomic E-state index is 12.9. The fourth-order valence-corrected chi connectivity index (χ4v) is 2.92. The van der Waals surface area contributed by atoms with Crippen molar-refractivity contribution in [2.24, 2.45) is 0 Å². The zero-order valence-corrected chi connectivity index (χ0v) is 14.7. The van der Waals surface area contributed by atoms with Gasteiger partial charge in [-0.05, 0) is 23.7 Å². The summed E-state index contributed by atoms with van der Waals surface area (Å²) in [6, 6.07) is 3.39. The molecule has 4 rings (SSSR count). The summed E-state index contributed by atoms with van der Waals surface area (Å²) in [5.74, 6) is 1.03. The van der Waals surface area contributed by atoms with E-state index < -0.39 is 6.80 Å². The molecule has 11 heteroatoms. The minimum Gasteiger partial charge on any atom is -0.361 e. The predicted octanol–water partition coefficient (Wildman–Crippen LogP) is 4.20. The van der Waals surface area contributed by atoms with Gasteiger partial charge in [-0.1, -0.05) is 23.2 Å². The lowest BCUT2D eigenvalue weighted by Gasteiger charge is -2.05. The average molecular weight is 401 g/mol. The van der Waals surface area contributed by atoms with Gasteiger partial charge in [0.25, 0.3) is 0 Å². The fourth-order valence-electron chi connectivity index (χ4n) is 2.44. The molecule has 0 aliphatic heterocycles. The Kier molecular flexibility index (Phi) is 4.10. The summed E-state index contributed by atoms with van der Waals surface area (Å²) in [6.07, 6.45) is 1.34. The molecule has 0 saturated carbocycles. The molecule has 25 heavy (non-hydrogen) atoms. The van der Waals surface area contributed by atoms with Gasteiger partial charge in [-0.15, -0.1) is 0 Å². The second-order valence-electron chi connectivity index (χ2n) is 5.17. The first-order valence-electron chi connectivity index (χ1n) is 7.07. The lowest BCUT2D eigenvalue weighted by atomic mass is 10.3. The van der Waals surface area contributed by atoms with Gasteiger partial charge in [0.05, 0.1) is 34.0 Å². The maximum Gasteiger partial charge on any atom is 0.226 e. The highest BCUT2D eigenvalue weighted by Crippen LogP contribution is 2.27. The highest BCUT2D eigenvalue weighted by Gasteiger charge is 2.13. The fraction of sp³-hybridized carbons (Fsp3) is 0.143. The number of imidazole rings is 2. The summed E-state index contributed by atoms with van der Waals surface area (Å²) < 4.78 is 14.2. The number of H-pyrrole nitrogens is 1. The van der Waals surface area contributed by atoms with E-state index in [4.69, 9.17) is 34.8 Å². The van der Waals surface area contributed by atoms with E-state index in [-0.39, 0.29) is 5.28 Å². The van der Waals surface area contributed by atoms with Crippen LogP contribution in [0.1, 0.15) is 5.82 Å². The first kappa shape index (κ1) is 16.3. The topological polar surface area (TPSA) is 84.3 Å². The molecule has 4 aromatic rings. The molecule has 7 nitrogen and oxygen atoms in total. The molecule has 0 unspecified atom stereocenters. The third-order valence-electron chi connectivity index (χ3n) is 3.56. The summed E-state index contributed by atoms with van der Waals surface area (Å²) >= 11 is 17.9. The smallest absolute Gasteiger partial charge is 0.226 e. The molecule has 0 bridgehead atoms. The van der Waals surface area contributed by atoms with Crippen LogP contribution in [-0.2, 0) is 13.3 Å². The zero-order chi connectivity index (χ0) is 17.6. The minimum absolute atomic E-state index is 0.00614. The normalized spacial score (nSPS) is 11.5. The number of anilines is 1. The van der Waals surface area contributed by atoms with Crippen LogP contribution in [0.15, 0.2) is 18.5 Å². The van der Waals surface area contributed by atoms with Crippen molar-refractivity contribution < 1.29 is 4.39 Å². The number of benzene rings is 1. The number of nitrogens with zero attached hydrogens (tertiary/aromatic N) is 5. The molecule has 0 amide bonds. The maximum atomic E-state index is 12.9. The number of nitrogens with one attached hydrogen (secondary N) is 2. The lowest BCUT2D eigenvalue weighted by Crippen LogP contribution is -2.05. The van der Waals surface area contributed by atoms with Crippen LogP contribution >= 0.6 is 34.8 Å². The van der Waals surface area contributed by atoms with Gasteiger partial charge in [0.1, 0.15) is 5.82 Å². The van der Waals surface area contributed by atoms with E-state index in [1.54, 1.807) is 12.1 Å². The lowest BCUT2D eigenvalue weighted by molar-refractivity contribution is 0.383. The van der Waals surface area contributed by atoms with Crippen LogP contribution in [0.4, 0.5) is 10.2 Å². The molecule has 0 aliphatic carbocycles. The van der Waals surface area contributed by atoms with Gasteiger partial charge >= 0.3 is 0 Å². The second-order valence-corrected chi connectivity index (χ2v) is 6.32. The summed E-state index contributed by atoms with van der Waals surface area (Å²) in [6.45, 7) is -0.441. The van der Waals surface area contributed by atoms with E-state index in [0.29, 0.717) is 44.9 Å². The minimum atomic E-state index is -0.756. The third-order valence-corrected chi connectivity index (χ3v) is 4.45. The Morgan fingerprint density at radius 3 is 2.72 bits per heavy atom.